The maximum absolute atomic E-state index is 10.8. The Balaban J connectivity index is 1.45. The molecule has 3 heterocycles. The molecule has 2 aliphatic heterocycles. The van der Waals surface area contributed by atoms with Crippen LogP contribution < -0.4 is 9.64 Å². The van der Waals surface area contributed by atoms with E-state index in [4.69, 9.17) is 4.74 Å². The number of rotatable bonds is 5. The zero-order chi connectivity index (χ0) is 20.9. The van der Waals surface area contributed by atoms with Gasteiger partial charge in [0.25, 0.3) is 0 Å². The SMILES string of the molecule is COc1ccccc1N1CCN(C/C(O)=C(\C#N)c2nnc3n2CCCCC3)CC1. The molecule has 1 aromatic carbocycles. The Labute approximate surface area is 177 Å². The monoisotopic (exact) mass is 408 g/mol. The van der Waals surface area contributed by atoms with Crippen LogP contribution in [0.2, 0.25) is 0 Å². The van der Waals surface area contributed by atoms with Crippen LogP contribution in [0.5, 0.6) is 5.75 Å². The molecule has 158 valence electrons. The Morgan fingerprint density at radius 1 is 1.10 bits per heavy atom. The Morgan fingerprint density at radius 2 is 1.90 bits per heavy atom. The van der Waals surface area contributed by atoms with Crippen LogP contribution in [0.1, 0.15) is 30.9 Å². The highest BCUT2D eigenvalue weighted by Gasteiger charge is 2.24. The molecule has 4 rings (SSSR count). The molecular formula is C22H28N6O2. The number of hydrogen-bond acceptors (Lipinski definition) is 7. The van der Waals surface area contributed by atoms with E-state index < -0.39 is 0 Å². The van der Waals surface area contributed by atoms with E-state index in [-0.39, 0.29) is 11.3 Å². The molecule has 1 N–H and O–H groups in total. The number of fused-ring (bicyclic) bond motifs is 1. The molecule has 30 heavy (non-hydrogen) atoms. The highest BCUT2D eigenvalue weighted by Crippen LogP contribution is 2.28. The predicted octanol–water partition coefficient (Wildman–Crippen LogP) is 2.63. The van der Waals surface area contributed by atoms with Crippen molar-refractivity contribution in [2.24, 2.45) is 0 Å². The molecule has 0 radical (unpaired) electrons. The molecule has 2 aromatic rings. The van der Waals surface area contributed by atoms with Crippen LogP contribution in [0.15, 0.2) is 30.0 Å². The van der Waals surface area contributed by atoms with Crippen LogP contribution in [0.3, 0.4) is 0 Å². The lowest BCUT2D eigenvalue weighted by molar-refractivity contribution is 0.238. The lowest BCUT2D eigenvalue weighted by Gasteiger charge is -2.36. The van der Waals surface area contributed by atoms with Crippen molar-refractivity contribution in [1.29, 1.82) is 5.26 Å². The van der Waals surface area contributed by atoms with E-state index in [9.17, 15) is 10.4 Å². The number of aromatic nitrogens is 3. The quantitative estimate of drug-likeness (QED) is 0.601. The van der Waals surface area contributed by atoms with Crippen LogP contribution in [-0.2, 0) is 13.0 Å². The number of aliphatic hydroxyl groups is 1. The summed E-state index contributed by atoms with van der Waals surface area (Å²) >= 11 is 0. The third-order valence-corrected chi connectivity index (χ3v) is 5.91. The number of piperazine rings is 1. The van der Waals surface area contributed by atoms with Crippen LogP contribution in [-0.4, -0.2) is 64.6 Å². The average Bonchev–Trinajstić information content (AvgIpc) is 3.02. The first-order valence-electron chi connectivity index (χ1n) is 10.6. The number of anilines is 1. The highest BCUT2D eigenvalue weighted by molar-refractivity contribution is 5.74. The topological polar surface area (TPSA) is 90.4 Å². The van der Waals surface area contributed by atoms with Gasteiger partial charge in [0.2, 0.25) is 0 Å². The van der Waals surface area contributed by atoms with Crippen molar-refractivity contribution >= 4 is 11.3 Å². The molecule has 8 heteroatoms. The van der Waals surface area contributed by atoms with E-state index in [1.807, 2.05) is 22.8 Å². The molecule has 0 saturated carbocycles. The summed E-state index contributed by atoms with van der Waals surface area (Å²) < 4.78 is 7.48. The summed E-state index contributed by atoms with van der Waals surface area (Å²) in [5.74, 6) is 2.35. The van der Waals surface area contributed by atoms with E-state index in [0.29, 0.717) is 12.4 Å². The summed E-state index contributed by atoms with van der Waals surface area (Å²) in [6, 6.07) is 10.2. The third kappa shape index (κ3) is 4.12. The van der Waals surface area contributed by atoms with Gasteiger partial charge in [0.05, 0.1) is 19.3 Å². The summed E-state index contributed by atoms with van der Waals surface area (Å²) in [6.07, 6.45) is 4.16. The fourth-order valence-corrected chi connectivity index (χ4v) is 4.24. The van der Waals surface area contributed by atoms with Crippen molar-refractivity contribution in [3.63, 3.8) is 0 Å². The molecular weight excluding hydrogens is 380 g/mol. The summed E-state index contributed by atoms with van der Waals surface area (Å²) in [7, 11) is 1.69. The minimum atomic E-state index is 0.0719. The van der Waals surface area contributed by atoms with E-state index in [2.05, 4.69) is 32.1 Å². The van der Waals surface area contributed by atoms with E-state index in [0.717, 1.165) is 75.7 Å². The lowest BCUT2D eigenvalue weighted by Crippen LogP contribution is -2.47. The first kappa shape index (κ1) is 20.2. The Hall–Kier alpha value is -3.05. The number of nitrogens with zero attached hydrogens (tertiary/aromatic N) is 6. The van der Waals surface area contributed by atoms with E-state index >= 15 is 0 Å². The second-order valence-electron chi connectivity index (χ2n) is 7.77. The standard InChI is InChI=1S/C22H28N6O2/c1-30-20-8-5-4-7-18(20)27-13-11-26(12-14-27)16-19(29)17(15-23)22-25-24-21-9-3-2-6-10-28(21)22/h4-5,7-8,29H,2-3,6,9-14,16H2,1H3/b19-17-. The van der Waals surface area contributed by atoms with Crippen LogP contribution in [0, 0.1) is 11.3 Å². The van der Waals surface area contributed by atoms with Gasteiger partial charge in [-0.2, -0.15) is 5.26 Å². The van der Waals surface area contributed by atoms with Crippen molar-refractivity contribution < 1.29 is 9.84 Å². The van der Waals surface area contributed by atoms with Gasteiger partial charge in [-0.25, -0.2) is 0 Å². The molecule has 0 atom stereocenters. The van der Waals surface area contributed by atoms with E-state index in [1.165, 1.54) is 0 Å². The molecule has 0 unspecified atom stereocenters. The first-order valence-corrected chi connectivity index (χ1v) is 10.6. The zero-order valence-corrected chi connectivity index (χ0v) is 17.4. The number of ether oxygens (including phenoxy) is 1. The molecule has 0 spiro atoms. The number of nitriles is 1. The molecule has 0 bridgehead atoms. The van der Waals surface area contributed by atoms with Gasteiger partial charge in [-0.1, -0.05) is 18.6 Å². The first-order chi connectivity index (χ1) is 14.7. The van der Waals surface area contributed by atoms with Gasteiger partial charge in [0, 0.05) is 39.1 Å². The van der Waals surface area contributed by atoms with Gasteiger partial charge in [0.1, 0.15) is 29.0 Å². The van der Waals surface area contributed by atoms with Crippen molar-refractivity contribution in [3.8, 4) is 11.8 Å². The van der Waals surface area contributed by atoms with Crippen molar-refractivity contribution in [2.75, 3.05) is 44.7 Å². The van der Waals surface area contributed by atoms with Gasteiger partial charge in [-0.3, -0.25) is 4.90 Å². The second-order valence-corrected chi connectivity index (χ2v) is 7.77. The predicted molar refractivity (Wildman–Crippen MR) is 114 cm³/mol. The summed E-state index contributed by atoms with van der Waals surface area (Å²) in [5.41, 5.74) is 1.33. The van der Waals surface area contributed by atoms with Crippen LogP contribution in [0.25, 0.3) is 5.57 Å². The Morgan fingerprint density at radius 3 is 2.67 bits per heavy atom. The number of benzene rings is 1. The number of hydrogen-bond donors (Lipinski definition) is 1. The van der Waals surface area contributed by atoms with Gasteiger partial charge in [0.15, 0.2) is 5.82 Å². The second kappa shape index (κ2) is 9.18. The Bertz CT molecular complexity index is 953. The van der Waals surface area contributed by atoms with Crippen molar-refractivity contribution in [2.45, 2.75) is 32.2 Å². The minimum absolute atomic E-state index is 0.0719. The van der Waals surface area contributed by atoms with Gasteiger partial charge in [-0.15, -0.1) is 10.2 Å². The largest absolute Gasteiger partial charge is 0.509 e. The van der Waals surface area contributed by atoms with Gasteiger partial charge >= 0.3 is 0 Å². The molecule has 0 aliphatic carbocycles. The molecule has 2 aliphatic rings. The smallest absolute Gasteiger partial charge is 0.178 e. The summed E-state index contributed by atoms with van der Waals surface area (Å²) in [6.45, 7) is 4.38. The van der Waals surface area contributed by atoms with Crippen molar-refractivity contribution in [3.05, 3.63) is 41.7 Å². The fraction of sp³-hybridized carbons (Fsp3) is 0.500. The fourth-order valence-electron chi connectivity index (χ4n) is 4.24. The lowest BCUT2D eigenvalue weighted by atomic mass is 10.2. The maximum Gasteiger partial charge on any atom is 0.178 e. The number of methoxy groups -OCH3 is 1. The van der Waals surface area contributed by atoms with Crippen molar-refractivity contribution in [1.82, 2.24) is 19.7 Å². The van der Waals surface area contributed by atoms with E-state index in [1.54, 1.807) is 7.11 Å². The van der Waals surface area contributed by atoms with Crippen LogP contribution in [0.4, 0.5) is 5.69 Å². The maximum atomic E-state index is 10.8. The molecule has 1 saturated heterocycles. The summed E-state index contributed by atoms with van der Waals surface area (Å²) in [5, 5.41) is 29.0. The molecule has 8 nitrogen and oxygen atoms in total. The zero-order valence-electron chi connectivity index (χ0n) is 17.4. The van der Waals surface area contributed by atoms with Crippen LogP contribution >= 0.6 is 0 Å². The average molecular weight is 409 g/mol. The molecule has 1 aromatic heterocycles. The Kier molecular flexibility index (Phi) is 6.19. The normalized spacial score (nSPS) is 18.2. The number of allylic oxidation sites excluding steroid dienone is 1. The number of aliphatic hydroxyl groups excluding tert-OH is 1. The summed E-state index contributed by atoms with van der Waals surface area (Å²) in [4.78, 5) is 4.46. The molecule has 1 fully saturated rings. The highest BCUT2D eigenvalue weighted by atomic mass is 16.5. The van der Waals surface area contributed by atoms with Gasteiger partial charge in [-0.05, 0) is 25.0 Å². The van der Waals surface area contributed by atoms with Gasteiger partial charge < -0.3 is 19.3 Å². The minimum Gasteiger partial charge on any atom is -0.509 e. The number of aryl methyl sites for hydroxylation is 1. The third-order valence-electron chi connectivity index (χ3n) is 5.91. The number of para-hydroxylation sites is 2. The molecule has 0 amide bonds.